The maximum atomic E-state index is 12.7. The summed E-state index contributed by atoms with van der Waals surface area (Å²) in [6, 6.07) is 10.7. The van der Waals surface area contributed by atoms with Gasteiger partial charge in [0.25, 0.3) is 0 Å². The van der Waals surface area contributed by atoms with Crippen molar-refractivity contribution in [1.82, 2.24) is 5.32 Å². The quantitative estimate of drug-likeness (QED) is 0.741. The summed E-state index contributed by atoms with van der Waals surface area (Å²) in [7, 11) is 0. The van der Waals surface area contributed by atoms with E-state index in [4.69, 9.17) is 5.73 Å². The Morgan fingerprint density at radius 3 is 2.35 bits per heavy atom. The van der Waals surface area contributed by atoms with Gasteiger partial charge in [0.1, 0.15) is 6.04 Å². The molecule has 3 N–H and O–H groups in total. The van der Waals surface area contributed by atoms with E-state index < -0.39 is 29.6 Å². The summed E-state index contributed by atoms with van der Waals surface area (Å²) >= 11 is 3.31. The van der Waals surface area contributed by atoms with Crippen molar-refractivity contribution in [2.45, 2.75) is 25.1 Å². The van der Waals surface area contributed by atoms with E-state index in [1.807, 2.05) is 6.07 Å². The topological polar surface area (TPSA) is 72.2 Å². The molecule has 2 aromatic carbocycles. The van der Waals surface area contributed by atoms with Gasteiger partial charge in [-0.3, -0.25) is 9.59 Å². The van der Waals surface area contributed by atoms with E-state index in [1.165, 1.54) is 12.1 Å². The highest BCUT2D eigenvalue weighted by molar-refractivity contribution is 9.10. The summed E-state index contributed by atoms with van der Waals surface area (Å²) in [5.41, 5.74) is 5.48. The lowest BCUT2D eigenvalue weighted by Crippen LogP contribution is -2.46. The molecule has 138 valence electrons. The molecule has 0 spiro atoms. The van der Waals surface area contributed by atoms with Crippen LogP contribution in [0.5, 0.6) is 0 Å². The second kappa shape index (κ2) is 8.35. The Balaban J connectivity index is 2.05. The molecule has 2 aromatic rings. The van der Waals surface area contributed by atoms with Crippen LogP contribution in [0.4, 0.5) is 13.2 Å². The van der Waals surface area contributed by atoms with Gasteiger partial charge < -0.3 is 11.1 Å². The van der Waals surface area contributed by atoms with Gasteiger partial charge >= 0.3 is 6.18 Å². The first-order chi connectivity index (χ1) is 12.1. The van der Waals surface area contributed by atoms with Crippen LogP contribution in [0.25, 0.3) is 0 Å². The van der Waals surface area contributed by atoms with E-state index in [-0.39, 0.29) is 18.4 Å². The van der Waals surface area contributed by atoms with Gasteiger partial charge in [0.05, 0.1) is 12.0 Å². The van der Waals surface area contributed by atoms with Crippen LogP contribution in [0.2, 0.25) is 0 Å². The summed E-state index contributed by atoms with van der Waals surface area (Å²) in [6.07, 6.45) is -4.59. The molecule has 0 bridgehead atoms. The number of amides is 2. The summed E-state index contributed by atoms with van der Waals surface area (Å²) in [4.78, 5) is 23.7. The molecule has 0 aliphatic heterocycles. The van der Waals surface area contributed by atoms with Crippen LogP contribution >= 0.6 is 15.9 Å². The number of benzene rings is 2. The molecular formula is C18H16BrF3N2O2. The second-order valence-corrected chi connectivity index (χ2v) is 6.65. The van der Waals surface area contributed by atoms with Crippen LogP contribution in [0.15, 0.2) is 53.0 Å². The van der Waals surface area contributed by atoms with Crippen molar-refractivity contribution in [3.8, 4) is 0 Å². The lowest BCUT2D eigenvalue weighted by Gasteiger charge is -2.16. The Labute approximate surface area is 156 Å². The van der Waals surface area contributed by atoms with Gasteiger partial charge in [-0.25, -0.2) is 0 Å². The molecule has 0 saturated heterocycles. The molecular weight excluding hydrogens is 413 g/mol. The van der Waals surface area contributed by atoms with E-state index in [0.717, 1.165) is 22.2 Å². The fourth-order valence-corrected chi connectivity index (χ4v) is 2.86. The molecule has 2 amide bonds. The molecule has 4 nitrogen and oxygen atoms in total. The summed E-state index contributed by atoms with van der Waals surface area (Å²) < 4.78 is 39.0. The Hall–Kier alpha value is -2.35. The fourth-order valence-electron chi connectivity index (χ4n) is 2.41. The second-order valence-electron chi connectivity index (χ2n) is 5.73. The maximum Gasteiger partial charge on any atom is 0.416 e. The van der Waals surface area contributed by atoms with E-state index >= 15 is 0 Å². The third-order valence-electron chi connectivity index (χ3n) is 3.63. The van der Waals surface area contributed by atoms with Crippen molar-refractivity contribution >= 4 is 27.7 Å². The van der Waals surface area contributed by atoms with Crippen LogP contribution in [-0.2, 0) is 28.6 Å². The molecule has 0 unspecified atom stereocenters. The number of hydrogen-bond donors (Lipinski definition) is 2. The molecule has 0 aliphatic rings. The number of halogens is 4. The first-order valence-corrected chi connectivity index (χ1v) is 8.43. The molecule has 0 aliphatic carbocycles. The third-order valence-corrected chi connectivity index (χ3v) is 4.12. The van der Waals surface area contributed by atoms with Gasteiger partial charge in [-0.2, -0.15) is 13.2 Å². The molecule has 1 atom stereocenters. The Morgan fingerprint density at radius 2 is 1.73 bits per heavy atom. The summed E-state index contributed by atoms with van der Waals surface area (Å²) in [5, 5.41) is 2.48. The van der Waals surface area contributed by atoms with Crippen molar-refractivity contribution in [1.29, 1.82) is 0 Å². The molecule has 0 aromatic heterocycles. The molecule has 2 rings (SSSR count). The standard InChI is InChI=1S/C18H16BrF3N2O2/c19-14-6-2-4-12(8-14)9-15(17(23)26)24-16(25)10-11-3-1-5-13(7-11)18(20,21)22/h1-8,15H,9-10H2,(H2,23,26)(H,24,25)/t15-/m1/s1. The maximum absolute atomic E-state index is 12.7. The number of primary amides is 1. The van der Waals surface area contributed by atoms with Gasteiger partial charge in [0.2, 0.25) is 11.8 Å². The minimum Gasteiger partial charge on any atom is -0.368 e. The molecule has 0 heterocycles. The number of rotatable bonds is 6. The van der Waals surface area contributed by atoms with Crippen LogP contribution in [0.3, 0.4) is 0 Å². The van der Waals surface area contributed by atoms with Crippen molar-refractivity contribution < 1.29 is 22.8 Å². The molecule has 0 fully saturated rings. The van der Waals surface area contributed by atoms with Crippen LogP contribution in [0.1, 0.15) is 16.7 Å². The van der Waals surface area contributed by atoms with E-state index in [1.54, 1.807) is 18.2 Å². The summed E-state index contributed by atoms with van der Waals surface area (Å²) in [6.45, 7) is 0. The number of carbonyl (C=O) groups is 2. The van der Waals surface area contributed by atoms with Crippen LogP contribution in [-0.4, -0.2) is 17.9 Å². The lowest BCUT2D eigenvalue weighted by atomic mass is 10.0. The molecule has 0 saturated carbocycles. The van der Waals surface area contributed by atoms with Crippen molar-refractivity contribution in [3.05, 3.63) is 69.7 Å². The normalized spacial score (nSPS) is 12.5. The van der Waals surface area contributed by atoms with Gasteiger partial charge in [-0.1, -0.05) is 46.3 Å². The number of hydrogen-bond acceptors (Lipinski definition) is 2. The average molecular weight is 429 g/mol. The number of alkyl halides is 3. The van der Waals surface area contributed by atoms with E-state index in [2.05, 4.69) is 21.2 Å². The molecule has 8 heteroatoms. The molecule has 26 heavy (non-hydrogen) atoms. The lowest BCUT2D eigenvalue weighted by molar-refractivity contribution is -0.137. The molecule has 0 radical (unpaired) electrons. The van der Waals surface area contributed by atoms with Gasteiger partial charge in [0.15, 0.2) is 0 Å². The minimum atomic E-state index is -4.48. The van der Waals surface area contributed by atoms with Gasteiger partial charge in [-0.15, -0.1) is 0 Å². The average Bonchev–Trinajstić information content (AvgIpc) is 2.53. The first kappa shape index (κ1) is 20.0. The first-order valence-electron chi connectivity index (χ1n) is 7.64. The highest BCUT2D eigenvalue weighted by Crippen LogP contribution is 2.29. The smallest absolute Gasteiger partial charge is 0.368 e. The highest BCUT2D eigenvalue weighted by atomic mass is 79.9. The fraction of sp³-hybridized carbons (Fsp3) is 0.222. The number of nitrogens with one attached hydrogen (secondary N) is 1. The zero-order chi connectivity index (χ0) is 19.3. The van der Waals surface area contributed by atoms with Crippen molar-refractivity contribution in [3.63, 3.8) is 0 Å². The Kier molecular flexibility index (Phi) is 6.42. The largest absolute Gasteiger partial charge is 0.416 e. The van der Waals surface area contributed by atoms with Crippen molar-refractivity contribution in [2.75, 3.05) is 0 Å². The SMILES string of the molecule is NC(=O)[C@@H](Cc1cccc(Br)c1)NC(=O)Cc1cccc(C(F)(F)F)c1. The summed E-state index contributed by atoms with van der Waals surface area (Å²) in [5.74, 6) is -1.30. The monoisotopic (exact) mass is 428 g/mol. The van der Waals surface area contributed by atoms with Crippen LogP contribution in [0, 0.1) is 0 Å². The predicted molar refractivity (Wildman–Crippen MR) is 94.1 cm³/mol. The number of carbonyl (C=O) groups excluding carboxylic acids is 2. The zero-order valence-electron chi connectivity index (χ0n) is 13.5. The Bertz CT molecular complexity index is 809. The highest BCUT2D eigenvalue weighted by Gasteiger charge is 2.30. The van der Waals surface area contributed by atoms with E-state index in [9.17, 15) is 22.8 Å². The van der Waals surface area contributed by atoms with Gasteiger partial charge in [0, 0.05) is 10.9 Å². The van der Waals surface area contributed by atoms with Crippen molar-refractivity contribution in [2.24, 2.45) is 5.73 Å². The third kappa shape index (κ3) is 5.87. The van der Waals surface area contributed by atoms with Crippen LogP contribution < -0.4 is 11.1 Å². The number of nitrogens with two attached hydrogens (primary N) is 1. The van der Waals surface area contributed by atoms with Gasteiger partial charge in [-0.05, 0) is 29.3 Å². The minimum absolute atomic E-state index is 0.184. The zero-order valence-corrected chi connectivity index (χ0v) is 15.1. The predicted octanol–water partition coefficient (Wildman–Crippen LogP) is 3.22. The Morgan fingerprint density at radius 1 is 1.08 bits per heavy atom. The van der Waals surface area contributed by atoms with E-state index in [0.29, 0.717) is 0 Å².